The van der Waals surface area contributed by atoms with E-state index in [9.17, 15) is 0 Å². The van der Waals surface area contributed by atoms with Crippen molar-refractivity contribution in [1.29, 1.82) is 0 Å². The topological polar surface area (TPSA) is 28.5 Å². The smallest absolute Gasteiger partial charge is 2.00 e. The minimum absolute atomic E-state index is 0. The van der Waals surface area contributed by atoms with Crippen LogP contribution in [0.2, 0.25) is 0 Å². The van der Waals surface area contributed by atoms with Crippen molar-refractivity contribution in [3.05, 3.63) is 0 Å². The van der Waals surface area contributed by atoms with E-state index in [1.165, 1.54) is 0 Å². The maximum Gasteiger partial charge on any atom is 2.00 e. The average Bonchev–Trinajstić information content (AvgIpc) is 0. The van der Waals surface area contributed by atoms with E-state index in [1.807, 2.05) is 0 Å². The van der Waals surface area contributed by atoms with Crippen LogP contribution in [-0.4, -0.2) is 0 Å². The Hall–Kier alpha value is 2.00. The normalized spacial score (nSPS) is 0. The number of rotatable bonds is 0. The Kier molecular flexibility index (Phi) is 188. The molecule has 0 saturated heterocycles. The molecular formula is Mn2NaO+3. The summed E-state index contributed by atoms with van der Waals surface area (Å²) in [6.07, 6.45) is 0. The summed E-state index contributed by atoms with van der Waals surface area (Å²) in [7, 11) is 0. The van der Waals surface area contributed by atoms with Gasteiger partial charge in [-0.05, 0) is 0 Å². The molecule has 1 nitrogen and oxygen atoms in total. The summed E-state index contributed by atoms with van der Waals surface area (Å²) < 4.78 is 0. The molecule has 0 N–H and O–H groups in total. The Balaban J connectivity index is 0. The Bertz CT molecular complexity index is 6.00. The molecule has 0 aromatic carbocycles. The average molecular weight is 149 g/mol. The van der Waals surface area contributed by atoms with Gasteiger partial charge >= 0.3 is 63.7 Å². The maximum absolute atomic E-state index is 0. The van der Waals surface area contributed by atoms with Crippen LogP contribution in [0.5, 0.6) is 0 Å². The van der Waals surface area contributed by atoms with Crippen LogP contribution in [0.25, 0.3) is 0 Å². The van der Waals surface area contributed by atoms with Crippen LogP contribution in [0.1, 0.15) is 0 Å². The molecule has 0 aliphatic carbocycles. The Morgan fingerprint density at radius 2 is 0.750 bits per heavy atom. The monoisotopic (exact) mass is 149 g/mol. The van der Waals surface area contributed by atoms with Crippen molar-refractivity contribution in [3.8, 4) is 0 Å². The van der Waals surface area contributed by atoms with Crippen LogP contribution in [0.3, 0.4) is 0 Å². The molecule has 0 aromatic heterocycles. The molecule has 0 amide bonds. The molecule has 0 bridgehead atoms. The Morgan fingerprint density at radius 3 is 0.750 bits per heavy atom. The molecule has 4 heavy (non-hydrogen) atoms. The molecule has 0 fully saturated rings. The van der Waals surface area contributed by atoms with Gasteiger partial charge in [-0.25, -0.2) is 0 Å². The van der Waals surface area contributed by atoms with Crippen LogP contribution in [0, 0.1) is 0 Å². The van der Waals surface area contributed by atoms with Crippen molar-refractivity contribution in [2.75, 3.05) is 0 Å². The van der Waals surface area contributed by atoms with Gasteiger partial charge in [0.2, 0.25) is 0 Å². The standard InChI is InChI=1S/2Mn.Na.O/q2*+2;+1;-2. The second kappa shape index (κ2) is 20.0. The van der Waals surface area contributed by atoms with Crippen LogP contribution >= 0.6 is 0 Å². The van der Waals surface area contributed by atoms with Crippen molar-refractivity contribution in [2.24, 2.45) is 0 Å². The molecule has 0 atom stereocenters. The third-order valence-corrected chi connectivity index (χ3v) is 0. The van der Waals surface area contributed by atoms with Gasteiger partial charge in [-0.15, -0.1) is 0 Å². The Labute approximate surface area is 68.5 Å². The van der Waals surface area contributed by atoms with E-state index in [1.54, 1.807) is 0 Å². The van der Waals surface area contributed by atoms with E-state index in [0.717, 1.165) is 0 Å². The maximum atomic E-state index is 0. The molecule has 4 heteroatoms. The first-order valence-corrected chi connectivity index (χ1v) is 0. The van der Waals surface area contributed by atoms with Crippen LogP contribution < -0.4 is 29.6 Å². The second-order valence-electron chi connectivity index (χ2n) is 0. The minimum Gasteiger partial charge on any atom is -2.00 e. The molecule has 0 heterocycles. The fraction of sp³-hybridized carbons (Fsp3) is 0. The second-order valence-corrected chi connectivity index (χ2v) is 0. The van der Waals surface area contributed by atoms with Gasteiger partial charge in [-0.1, -0.05) is 0 Å². The first-order valence-electron chi connectivity index (χ1n) is 0. The predicted octanol–water partition coefficient (Wildman–Crippen LogP) is -3.12. The molecule has 0 aromatic rings. The van der Waals surface area contributed by atoms with Crippen molar-refractivity contribution in [3.63, 3.8) is 0 Å². The van der Waals surface area contributed by atoms with E-state index in [-0.39, 0.29) is 69.2 Å². The molecular weight excluding hydrogens is 149 g/mol. The van der Waals surface area contributed by atoms with Crippen LogP contribution in [-0.2, 0) is 39.6 Å². The zero-order valence-electron chi connectivity index (χ0n) is 2.16. The predicted molar refractivity (Wildman–Crippen MR) is 0.686 cm³/mol. The van der Waals surface area contributed by atoms with Gasteiger partial charge in [-0.3, -0.25) is 0 Å². The van der Waals surface area contributed by atoms with Crippen molar-refractivity contribution in [2.45, 2.75) is 0 Å². The van der Waals surface area contributed by atoms with Crippen molar-refractivity contribution in [1.82, 2.24) is 0 Å². The summed E-state index contributed by atoms with van der Waals surface area (Å²) in [5, 5.41) is 0. The summed E-state index contributed by atoms with van der Waals surface area (Å²) >= 11 is 0. The Morgan fingerprint density at radius 1 is 0.750 bits per heavy atom. The molecule has 0 aliphatic heterocycles. The number of hydrogen-bond donors (Lipinski definition) is 0. The zero-order valence-corrected chi connectivity index (χ0v) is 6.53. The third-order valence-electron chi connectivity index (χ3n) is 0. The first-order chi connectivity index (χ1) is 0. The van der Waals surface area contributed by atoms with Crippen molar-refractivity contribution >= 4 is 0 Å². The van der Waals surface area contributed by atoms with E-state index in [2.05, 4.69) is 0 Å². The molecule has 0 saturated carbocycles. The molecule has 18 valence electrons. The van der Waals surface area contributed by atoms with Gasteiger partial charge in [0, 0.05) is 0 Å². The molecule has 0 unspecified atom stereocenters. The van der Waals surface area contributed by atoms with Gasteiger partial charge in [0.1, 0.15) is 0 Å². The van der Waals surface area contributed by atoms with E-state index >= 15 is 0 Å². The SMILES string of the molecule is [Mn+2].[Mn+2].[Na+].[O-2]. The molecule has 2 radical (unpaired) electrons. The summed E-state index contributed by atoms with van der Waals surface area (Å²) in [4.78, 5) is 0. The van der Waals surface area contributed by atoms with Gasteiger partial charge < -0.3 is 5.48 Å². The van der Waals surface area contributed by atoms with E-state index in [4.69, 9.17) is 0 Å². The van der Waals surface area contributed by atoms with Gasteiger partial charge in [-0.2, -0.15) is 0 Å². The van der Waals surface area contributed by atoms with Crippen LogP contribution in [0.4, 0.5) is 0 Å². The zero-order chi connectivity index (χ0) is 0. The minimum atomic E-state index is 0. The van der Waals surface area contributed by atoms with E-state index in [0.29, 0.717) is 0 Å². The van der Waals surface area contributed by atoms with Gasteiger partial charge in [0.25, 0.3) is 0 Å². The fourth-order valence-corrected chi connectivity index (χ4v) is 0. The van der Waals surface area contributed by atoms with E-state index < -0.39 is 0 Å². The quantitative estimate of drug-likeness (QED) is 0.326. The summed E-state index contributed by atoms with van der Waals surface area (Å²) in [5.41, 5.74) is 0. The van der Waals surface area contributed by atoms with Gasteiger partial charge in [0.05, 0.1) is 0 Å². The van der Waals surface area contributed by atoms with Crippen LogP contribution in [0.15, 0.2) is 0 Å². The number of hydrogen-bond acceptors (Lipinski definition) is 0. The molecule has 0 aliphatic rings. The summed E-state index contributed by atoms with van der Waals surface area (Å²) in [6.45, 7) is 0. The van der Waals surface area contributed by atoms with Crippen molar-refractivity contribution < 1.29 is 69.2 Å². The fourth-order valence-electron chi connectivity index (χ4n) is 0. The molecule has 0 rings (SSSR count). The largest absolute Gasteiger partial charge is 2.00 e. The summed E-state index contributed by atoms with van der Waals surface area (Å²) in [6, 6.07) is 0. The van der Waals surface area contributed by atoms with Gasteiger partial charge in [0.15, 0.2) is 0 Å². The molecule has 0 spiro atoms. The first kappa shape index (κ1) is 37.5. The summed E-state index contributed by atoms with van der Waals surface area (Å²) in [5.74, 6) is 0. The third kappa shape index (κ3) is 9.00.